The van der Waals surface area contributed by atoms with Crippen LogP contribution in [0.5, 0.6) is 0 Å². The molecule has 2 heterocycles. The highest BCUT2D eigenvalue weighted by molar-refractivity contribution is 6.35. The number of benzene rings is 1. The second-order valence-electron chi connectivity index (χ2n) is 6.34. The number of amides is 1. The molecule has 23 heavy (non-hydrogen) atoms. The van der Waals surface area contributed by atoms with Crippen LogP contribution in [-0.2, 0) is 11.3 Å². The van der Waals surface area contributed by atoms with E-state index in [9.17, 15) is 4.79 Å². The Morgan fingerprint density at radius 2 is 1.48 bits per heavy atom. The Hall–Kier alpha value is -0.810. The highest BCUT2D eigenvalue weighted by Gasteiger charge is 2.23. The van der Waals surface area contributed by atoms with Gasteiger partial charge in [-0.3, -0.25) is 14.6 Å². The second kappa shape index (κ2) is 7.84. The van der Waals surface area contributed by atoms with E-state index in [-0.39, 0.29) is 5.91 Å². The number of rotatable bonds is 4. The Balaban J connectivity index is 1.47. The predicted octanol–water partition coefficient (Wildman–Crippen LogP) is 2.73. The SMILES string of the molecule is O=C(CN1CCN(Cc2c(Cl)cccc2Cl)CC1)N1CCCC1. The topological polar surface area (TPSA) is 26.8 Å². The third kappa shape index (κ3) is 4.38. The number of likely N-dealkylation sites (tertiary alicyclic amines) is 1. The van der Waals surface area contributed by atoms with Crippen LogP contribution in [0.15, 0.2) is 18.2 Å². The molecule has 0 aliphatic carbocycles. The molecule has 1 amide bonds. The average molecular weight is 356 g/mol. The predicted molar refractivity (Wildman–Crippen MR) is 94.0 cm³/mol. The van der Waals surface area contributed by atoms with Gasteiger partial charge in [0.1, 0.15) is 0 Å². The Morgan fingerprint density at radius 1 is 0.913 bits per heavy atom. The van der Waals surface area contributed by atoms with Gasteiger partial charge in [-0.1, -0.05) is 29.3 Å². The molecular weight excluding hydrogens is 333 g/mol. The summed E-state index contributed by atoms with van der Waals surface area (Å²) < 4.78 is 0. The Kier molecular flexibility index (Phi) is 5.81. The van der Waals surface area contributed by atoms with Gasteiger partial charge >= 0.3 is 0 Å². The normalized spacial score (nSPS) is 20.2. The molecule has 126 valence electrons. The largest absolute Gasteiger partial charge is 0.342 e. The molecule has 0 spiro atoms. The molecule has 2 saturated heterocycles. The number of hydrogen-bond donors (Lipinski definition) is 0. The Bertz CT molecular complexity index is 533. The van der Waals surface area contributed by atoms with Gasteiger partial charge < -0.3 is 4.90 Å². The van der Waals surface area contributed by atoms with E-state index in [1.807, 2.05) is 23.1 Å². The first kappa shape index (κ1) is 17.0. The summed E-state index contributed by atoms with van der Waals surface area (Å²) in [5.41, 5.74) is 0.998. The van der Waals surface area contributed by atoms with Crippen LogP contribution in [-0.4, -0.2) is 66.4 Å². The van der Waals surface area contributed by atoms with Gasteiger partial charge in [0.2, 0.25) is 5.91 Å². The molecule has 6 heteroatoms. The minimum atomic E-state index is 0.282. The minimum absolute atomic E-state index is 0.282. The van der Waals surface area contributed by atoms with Crippen LogP contribution >= 0.6 is 23.2 Å². The molecule has 4 nitrogen and oxygen atoms in total. The number of piperazine rings is 1. The fraction of sp³-hybridized carbons (Fsp3) is 0.588. The number of carbonyl (C=O) groups is 1. The molecule has 2 fully saturated rings. The van der Waals surface area contributed by atoms with Gasteiger partial charge in [0, 0.05) is 61.4 Å². The van der Waals surface area contributed by atoms with Crippen molar-refractivity contribution in [2.24, 2.45) is 0 Å². The monoisotopic (exact) mass is 355 g/mol. The molecule has 0 aromatic heterocycles. The van der Waals surface area contributed by atoms with Crippen molar-refractivity contribution < 1.29 is 4.79 Å². The van der Waals surface area contributed by atoms with Crippen molar-refractivity contribution in [3.05, 3.63) is 33.8 Å². The fourth-order valence-corrected chi connectivity index (χ4v) is 3.79. The first-order valence-corrected chi connectivity index (χ1v) is 9.04. The van der Waals surface area contributed by atoms with Crippen molar-refractivity contribution in [2.75, 3.05) is 45.8 Å². The molecule has 0 atom stereocenters. The third-order valence-electron chi connectivity index (χ3n) is 4.73. The van der Waals surface area contributed by atoms with E-state index in [4.69, 9.17) is 23.2 Å². The van der Waals surface area contributed by atoms with Crippen molar-refractivity contribution in [3.63, 3.8) is 0 Å². The molecule has 0 unspecified atom stereocenters. The molecule has 1 aromatic rings. The van der Waals surface area contributed by atoms with Gasteiger partial charge in [0.05, 0.1) is 6.54 Å². The number of carbonyl (C=O) groups excluding carboxylic acids is 1. The summed E-state index contributed by atoms with van der Waals surface area (Å²) in [6.07, 6.45) is 2.30. The summed E-state index contributed by atoms with van der Waals surface area (Å²) in [7, 11) is 0. The van der Waals surface area contributed by atoms with Crippen molar-refractivity contribution in [3.8, 4) is 0 Å². The second-order valence-corrected chi connectivity index (χ2v) is 7.15. The lowest BCUT2D eigenvalue weighted by atomic mass is 10.2. The lowest BCUT2D eigenvalue weighted by molar-refractivity contribution is -0.131. The van der Waals surface area contributed by atoms with Crippen LogP contribution in [0.1, 0.15) is 18.4 Å². The van der Waals surface area contributed by atoms with Crippen LogP contribution < -0.4 is 0 Å². The third-order valence-corrected chi connectivity index (χ3v) is 5.43. The molecule has 3 rings (SSSR count). The Morgan fingerprint density at radius 3 is 2.09 bits per heavy atom. The highest BCUT2D eigenvalue weighted by Crippen LogP contribution is 2.26. The van der Waals surface area contributed by atoms with Crippen LogP contribution in [0.3, 0.4) is 0 Å². The molecule has 0 saturated carbocycles. The van der Waals surface area contributed by atoms with Crippen molar-refractivity contribution in [2.45, 2.75) is 19.4 Å². The summed E-state index contributed by atoms with van der Waals surface area (Å²) in [5.74, 6) is 0.282. The average Bonchev–Trinajstić information content (AvgIpc) is 3.07. The molecule has 2 aliphatic rings. The van der Waals surface area contributed by atoms with Crippen molar-refractivity contribution in [1.82, 2.24) is 14.7 Å². The van der Waals surface area contributed by atoms with Crippen molar-refractivity contribution in [1.29, 1.82) is 0 Å². The van der Waals surface area contributed by atoms with E-state index >= 15 is 0 Å². The van der Waals surface area contributed by atoms with E-state index in [2.05, 4.69) is 9.80 Å². The number of halogens is 2. The summed E-state index contributed by atoms with van der Waals surface area (Å²) >= 11 is 12.5. The fourth-order valence-electron chi connectivity index (χ4n) is 3.27. The maximum Gasteiger partial charge on any atom is 0.236 e. The number of nitrogens with zero attached hydrogens (tertiary/aromatic N) is 3. The van der Waals surface area contributed by atoms with E-state index in [1.165, 1.54) is 0 Å². The molecule has 1 aromatic carbocycles. The van der Waals surface area contributed by atoms with Gasteiger partial charge in [-0.05, 0) is 25.0 Å². The van der Waals surface area contributed by atoms with Crippen LogP contribution in [0, 0.1) is 0 Å². The minimum Gasteiger partial charge on any atom is -0.342 e. The standard InChI is InChI=1S/C17H23Cl2N3O/c18-15-4-3-5-16(19)14(15)12-20-8-10-21(11-9-20)13-17(23)22-6-1-2-7-22/h3-5H,1-2,6-13H2. The van der Waals surface area contributed by atoms with E-state index in [0.717, 1.165) is 74.3 Å². The molecule has 0 bridgehead atoms. The van der Waals surface area contributed by atoms with Gasteiger partial charge in [-0.2, -0.15) is 0 Å². The first-order chi connectivity index (χ1) is 11.1. The van der Waals surface area contributed by atoms with E-state index in [0.29, 0.717) is 6.54 Å². The van der Waals surface area contributed by atoms with Gasteiger partial charge in [0.25, 0.3) is 0 Å². The van der Waals surface area contributed by atoms with E-state index < -0.39 is 0 Å². The molecule has 0 N–H and O–H groups in total. The molecule has 2 aliphatic heterocycles. The summed E-state index contributed by atoms with van der Waals surface area (Å²) in [6, 6.07) is 5.64. The summed E-state index contributed by atoms with van der Waals surface area (Å²) in [5, 5.41) is 1.45. The van der Waals surface area contributed by atoms with Gasteiger partial charge in [-0.25, -0.2) is 0 Å². The Labute approximate surface area is 147 Å². The lowest BCUT2D eigenvalue weighted by Gasteiger charge is -2.35. The maximum absolute atomic E-state index is 12.2. The number of hydrogen-bond acceptors (Lipinski definition) is 3. The molecule has 0 radical (unpaired) electrons. The van der Waals surface area contributed by atoms with Gasteiger partial charge in [-0.15, -0.1) is 0 Å². The van der Waals surface area contributed by atoms with Crippen molar-refractivity contribution >= 4 is 29.1 Å². The van der Waals surface area contributed by atoms with E-state index in [1.54, 1.807) is 0 Å². The molecular formula is C17H23Cl2N3O. The zero-order chi connectivity index (χ0) is 16.2. The smallest absolute Gasteiger partial charge is 0.236 e. The van der Waals surface area contributed by atoms with Crippen LogP contribution in [0.25, 0.3) is 0 Å². The van der Waals surface area contributed by atoms with Gasteiger partial charge in [0.15, 0.2) is 0 Å². The van der Waals surface area contributed by atoms with Crippen LogP contribution in [0.4, 0.5) is 0 Å². The maximum atomic E-state index is 12.2. The summed E-state index contributed by atoms with van der Waals surface area (Å²) in [4.78, 5) is 18.8. The summed E-state index contributed by atoms with van der Waals surface area (Å²) in [6.45, 7) is 6.91. The quantitative estimate of drug-likeness (QED) is 0.830. The zero-order valence-electron chi connectivity index (χ0n) is 13.3. The first-order valence-electron chi connectivity index (χ1n) is 8.29. The zero-order valence-corrected chi connectivity index (χ0v) is 14.8. The van der Waals surface area contributed by atoms with Crippen LogP contribution in [0.2, 0.25) is 10.0 Å². The lowest BCUT2D eigenvalue weighted by Crippen LogP contribution is -2.49. The highest BCUT2D eigenvalue weighted by atomic mass is 35.5.